The average Bonchev–Trinajstić information content (AvgIpc) is 2.84. The third-order valence-electron chi connectivity index (χ3n) is 6.20. The number of nitrogens with one attached hydrogen (secondary N) is 2. The molecule has 1 atom stereocenters. The summed E-state index contributed by atoms with van der Waals surface area (Å²) >= 11 is 0. The zero-order chi connectivity index (χ0) is 23.0. The summed E-state index contributed by atoms with van der Waals surface area (Å²) < 4.78 is 0. The molecule has 1 heterocycles. The molecule has 0 unspecified atom stereocenters. The van der Waals surface area contributed by atoms with Gasteiger partial charge in [-0.15, -0.1) is 0 Å². The van der Waals surface area contributed by atoms with Gasteiger partial charge in [0.05, 0.1) is 19.1 Å². The minimum atomic E-state index is -0.0572. The van der Waals surface area contributed by atoms with Crippen LogP contribution in [0.15, 0.2) is 72.8 Å². The molecular weight excluding hydrogens is 412 g/mol. The quantitative estimate of drug-likeness (QED) is 0.561. The summed E-state index contributed by atoms with van der Waals surface area (Å²) in [5.41, 5.74) is 2.23. The first-order valence-electron chi connectivity index (χ1n) is 11.6. The van der Waals surface area contributed by atoms with Crippen molar-refractivity contribution in [3.8, 4) is 0 Å². The lowest BCUT2D eigenvalue weighted by Gasteiger charge is -2.34. The highest BCUT2D eigenvalue weighted by Crippen LogP contribution is 2.24. The number of fused-ring (bicyclic) bond motifs is 1. The lowest BCUT2D eigenvalue weighted by molar-refractivity contribution is -0.125. The van der Waals surface area contributed by atoms with Crippen molar-refractivity contribution < 1.29 is 9.59 Å². The average molecular weight is 445 g/mol. The molecule has 2 N–H and O–H groups in total. The number of rotatable bonds is 8. The van der Waals surface area contributed by atoms with Gasteiger partial charge in [0.1, 0.15) is 0 Å². The number of hydrogen-bond donors (Lipinski definition) is 2. The number of amides is 2. The molecular formula is C27H32N4O2. The van der Waals surface area contributed by atoms with Gasteiger partial charge in [-0.25, -0.2) is 0 Å². The van der Waals surface area contributed by atoms with Crippen molar-refractivity contribution in [2.45, 2.75) is 19.5 Å². The molecule has 0 saturated carbocycles. The second kappa shape index (κ2) is 11.1. The van der Waals surface area contributed by atoms with Crippen LogP contribution < -0.4 is 10.6 Å². The second-order valence-corrected chi connectivity index (χ2v) is 8.67. The first kappa shape index (κ1) is 23.0. The molecule has 0 spiro atoms. The van der Waals surface area contributed by atoms with Gasteiger partial charge in [-0.1, -0.05) is 72.8 Å². The number of benzene rings is 3. The van der Waals surface area contributed by atoms with Gasteiger partial charge in [-0.05, 0) is 28.8 Å². The van der Waals surface area contributed by atoms with Crippen molar-refractivity contribution >= 4 is 22.6 Å². The third-order valence-corrected chi connectivity index (χ3v) is 6.20. The van der Waals surface area contributed by atoms with Gasteiger partial charge in [0.25, 0.3) is 0 Å². The standard InChI is InChI=1S/C27H32N4O2/c1-21(24-13-7-11-23-10-5-6-12-25(23)24)29-27(33)20-31-16-14-30(15-17-31)19-26(32)28-18-22-8-3-2-4-9-22/h2-13,21H,14-20H2,1H3,(H,28,32)(H,29,33)/t21-/m0/s1. The first-order chi connectivity index (χ1) is 16.1. The molecule has 3 aromatic carbocycles. The molecule has 3 aromatic rings. The number of piperazine rings is 1. The number of carbonyl (C=O) groups excluding carboxylic acids is 2. The molecule has 6 heteroatoms. The lowest BCUT2D eigenvalue weighted by Crippen LogP contribution is -2.51. The molecule has 2 amide bonds. The summed E-state index contributed by atoms with van der Waals surface area (Å²) in [4.78, 5) is 29.2. The summed E-state index contributed by atoms with van der Waals surface area (Å²) in [7, 11) is 0. The maximum atomic E-state index is 12.7. The van der Waals surface area contributed by atoms with Crippen LogP contribution in [-0.4, -0.2) is 60.9 Å². The van der Waals surface area contributed by atoms with Gasteiger partial charge < -0.3 is 10.6 Å². The van der Waals surface area contributed by atoms with Gasteiger partial charge in [0.15, 0.2) is 0 Å². The summed E-state index contributed by atoms with van der Waals surface area (Å²) in [5, 5.41) is 8.49. The van der Waals surface area contributed by atoms with E-state index in [4.69, 9.17) is 0 Å². The summed E-state index contributed by atoms with van der Waals surface area (Å²) in [6.07, 6.45) is 0. The van der Waals surface area contributed by atoms with E-state index in [0.29, 0.717) is 19.6 Å². The second-order valence-electron chi connectivity index (χ2n) is 8.67. The van der Waals surface area contributed by atoms with E-state index in [2.05, 4.69) is 44.7 Å². The van der Waals surface area contributed by atoms with Crippen LogP contribution in [0.2, 0.25) is 0 Å². The van der Waals surface area contributed by atoms with Gasteiger partial charge in [0.2, 0.25) is 11.8 Å². The van der Waals surface area contributed by atoms with Gasteiger partial charge in [-0.3, -0.25) is 19.4 Å². The highest BCUT2D eigenvalue weighted by atomic mass is 16.2. The molecule has 0 aliphatic carbocycles. The molecule has 1 fully saturated rings. The van der Waals surface area contributed by atoms with E-state index in [-0.39, 0.29) is 17.9 Å². The lowest BCUT2D eigenvalue weighted by atomic mass is 10.00. The largest absolute Gasteiger partial charge is 0.351 e. The highest BCUT2D eigenvalue weighted by molar-refractivity contribution is 5.87. The number of hydrogen-bond acceptors (Lipinski definition) is 4. The Morgan fingerprint density at radius 1 is 0.788 bits per heavy atom. The summed E-state index contributed by atoms with van der Waals surface area (Å²) in [6, 6.07) is 24.3. The van der Waals surface area contributed by atoms with Crippen LogP contribution in [0.3, 0.4) is 0 Å². The molecule has 6 nitrogen and oxygen atoms in total. The predicted molar refractivity (Wildman–Crippen MR) is 132 cm³/mol. The van der Waals surface area contributed by atoms with E-state index >= 15 is 0 Å². The van der Waals surface area contributed by atoms with Crippen molar-refractivity contribution in [3.63, 3.8) is 0 Å². The monoisotopic (exact) mass is 444 g/mol. The fraction of sp³-hybridized carbons (Fsp3) is 0.333. The number of nitrogens with zero attached hydrogens (tertiary/aromatic N) is 2. The maximum Gasteiger partial charge on any atom is 0.234 e. The molecule has 1 aliphatic heterocycles. The minimum absolute atomic E-state index is 0.0319. The fourth-order valence-electron chi connectivity index (χ4n) is 4.36. The van der Waals surface area contributed by atoms with Crippen molar-refractivity contribution in [2.24, 2.45) is 0 Å². The first-order valence-corrected chi connectivity index (χ1v) is 11.6. The Morgan fingerprint density at radius 3 is 2.12 bits per heavy atom. The van der Waals surface area contributed by atoms with E-state index in [0.717, 1.165) is 37.3 Å². The Morgan fingerprint density at radius 2 is 1.39 bits per heavy atom. The number of carbonyl (C=O) groups is 2. The normalized spacial score (nSPS) is 15.8. The van der Waals surface area contributed by atoms with Gasteiger partial charge in [0, 0.05) is 32.7 Å². The Balaban J connectivity index is 1.19. The van der Waals surface area contributed by atoms with E-state index in [1.807, 2.05) is 55.5 Å². The Hall–Kier alpha value is -3.22. The molecule has 172 valence electrons. The van der Waals surface area contributed by atoms with Crippen molar-refractivity contribution in [1.82, 2.24) is 20.4 Å². The van der Waals surface area contributed by atoms with Gasteiger partial charge in [-0.2, -0.15) is 0 Å². The van der Waals surface area contributed by atoms with Crippen LogP contribution in [-0.2, 0) is 16.1 Å². The minimum Gasteiger partial charge on any atom is -0.351 e. The SMILES string of the molecule is C[C@H](NC(=O)CN1CCN(CC(=O)NCc2ccccc2)CC1)c1cccc2ccccc12. The van der Waals surface area contributed by atoms with Crippen molar-refractivity contribution in [2.75, 3.05) is 39.3 Å². The van der Waals surface area contributed by atoms with E-state index in [9.17, 15) is 9.59 Å². The third kappa shape index (κ3) is 6.40. The highest BCUT2D eigenvalue weighted by Gasteiger charge is 2.21. The molecule has 0 radical (unpaired) electrons. The summed E-state index contributed by atoms with van der Waals surface area (Å²) in [6.45, 7) is 6.48. The van der Waals surface area contributed by atoms with Crippen LogP contribution in [0.4, 0.5) is 0 Å². The zero-order valence-corrected chi connectivity index (χ0v) is 19.2. The Labute approximate surface area is 195 Å². The van der Waals surface area contributed by atoms with Crippen LogP contribution in [0.5, 0.6) is 0 Å². The molecule has 0 bridgehead atoms. The van der Waals surface area contributed by atoms with Crippen LogP contribution in [0.25, 0.3) is 10.8 Å². The maximum absolute atomic E-state index is 12.7. The van der Waals surface area contributed by atoms with Crippen LogP contribution in [0, 0.1) is 0 Å². The van der Waals surface area contributed by atoms with Crippen molar-refractivity contribution in [3.05, 3.63) is 83.9 Å². The summed E-state index contributed by atoms with van der Waals surface area (Å²) in [5.74, 6) is 0.0680. The Kier molecular flexibility index (Phi) is 7.70. The van der Waals surface area contributed by atoms with E-state index in [1.165, 1.54) is 10.8 Å². The fourth-order valence-corrected chi connectivity index (χ4v) is 4.36. The van der Waals surface area contributed by atoms with Crippen LogP contribution >= 0.6 is 0 Å². The smallest absolute Gasteiger partial charge is 0.234 e. The van der Waals surface area contributed by atoms with Gasteiger partial charge >= 0.3 is 0 Å². The molecule has 1 aliphatic rings. The topological polar surface area (TPSA) is 64.7 Å². The zero-order valence-electron chi connectivity index (χ0n) is 19.2. The molecule has 0 aromatic heterocycles. The van der Waals surface area contributed by atoms with Crippen LogP contribution in [0.1, 0.15) is 24.1 Å². The van der Waals surface area contributed by atoms with E-state index < -0.39 is 0 Å². The molecule has 33 heavy (non-hydrogen) atoms. The predicted octanol–water partition coefficient (Wildman–Crippen LogP) is 2.95. The van der Waals surface area contributed by atoms with E-state index in [1.54, 1.807) is 0 Å². The van der Waals surface area contributed by atoms with Crippen molar-refractivity contribution in [1.29, 1.82) is 0 Å². The molecule has 4 rings (SSSR count). The Bertz CT molecular complexity index is 1070. The molecule has 1 saturated heterocycles.